The Hall–Kier alpha value is -2.24. The number of ether oxygens (including phenoxy) is 2. The molecule has 0 aliphatic rings. The fourth-order valence-electron chi connectivity index (χ4n) is 1.33. The predicted octanol–water partition coefficient (Wildman–Crippen LogP) is 0.694. The highest BCUT2D eigenvalue weighted by molar-refractivity contribution is 5.90. The fraction of sp³-hybridized carbons (Fsp3) is 0.333. The van der Waals surface area contributed by atoms with Gasteiger partial charge in [0.2, 0.25) is 6.41 Å². The van der Waals surface area contributed by atoms with Crippen LogP contribution in [0.15, 0.2) is 18.2 Å². The van der Waals surface area contributed by atoms with Gasteiger partial charge in [-0.05, 0) is 18.6 Å². The van der Waals surface area contributed by atoms with Gasteiger partial charge in [-0.1, -0.05) is 0 Å². The molecule has 0 fully saturated rings. The summed E-state index contributed by atoms with van der Waals surface area (Å²) >= 11 is 0. The molecular weight excluding hydrogens is 238 g/mol. The van der Waals surface area contributed by atoms with E-state index in [4.69, 9.17) is 4.74 Å². The lowest BCUT2D eigenvalue weighted by molar-refractivity contribution is -0.109. The first-order valence-electron chi connectivity index (χ1n) is 5.39. The molecule has 6 nitrogen and oxygen atoms in total. The number of methoxy groups -OCH3 is 1. The van der Waals surface area contributed by atoms with Gasteiger partial charge in [-0.25, -0.2) is 4.79 Å². The van der Waals surface area contributed by atoms with Gasteiger partial charge in [0.1, 0.15) is 11.5 Å². The van der Waals surface area contributed by atoms with Crippen molar-refractivity contribution in [2.45, 2.75) is 6.42 Å². The Morgan fingerprint density at radius 2 is 2.22 bits per heavy atom. The van der Waals surface area contributed by atoms with E-state index in [9.17, 15) is 14.7 Å². The Balaban J connectivity index is 2.57. The zero-order valence-corrected chi connectivity index (χ0v) is 10.0. The first kappa shape index (κ1) is 13.8. The molecular formula is C12H15NO5. The van der Waals surface area contributed by atoms with Gasteiger partial charge in [0, 0.05) is 12.6 Å². The van der Waals surface area contributed by atoms with Crippen molar-refractivity contribution in [1.29, 1.82) is 0 Å². The van der Waals surface area contributed by atoms with E-state index < -0.39 is 5.97 Å². The Morgan fingerprint density at radius 1 is 1.44 bits per heavy atom. The molecule has 0 unspecified atom stereocenters. The fourth-order valence-corrected chi connectivity index (χ4v) is 1.33. The number of rotatable bonds is 7. The van der Waals surface area contributed by atoms with E-state index in [-0.39, 0.29) is 11.3 Å². The number of hydrogen-bond donors (Lipinski definition) is 2. The largest absolute Gasteiger partial charge is 0.508 e. The number of amides is 1. The monoisotopic (exact) mass is 253 g/mol. The van der Waals surface area contributed by atoms with Crippen molar-refractivity contribution in [3.05, 3.63) is 23.8 Å². The van der Waals surface area contributed by atoms with E-state index in [0.29, 0.717) is 31.7 Å². The van der Waals surface area contributed by atoms with Crippen LogP contribution in [0, 0.1) is 0 Å². The topological polar surface area (TPSA) is 84.9 Å². The van der Waals surface area contributed by atoms with E-state index in [1.165, 1.54) is 25.3 Å². The van der Waals surface area contributed by atoms with Crippen LogP contribution in [0.1, 0.15) is 16.8 Å². The minimum absolute atomic E-state index is 0.0704. The van der Waals surface area contributed by atoms with Crippen molar-refractivity contribution in [1.82, 2.24) is 5.32 Å². The van der Waals surface area contributed by atoms with Crippen molar-refractivity contribution < 1.29 is 24.2 Å². The number of esters is 1. The van der Waals surface area contributed by atoms with E-state index in [1.54, 1.807) is 0 Å². The molecule has 0 heterocycles. The molecule has 0 aliphatic carbocycles. The number of hydrogen-bond acceptors (Lipinski definition) is 5. The van der Waals surface area contributed by atoms with Crippen molar-refractivity contribution in [3.8, 4) is 11.5 Å². The summed E-state index contributed by atoms with van der Waals surface area (Å²) in [4.78, 5) is 21.3. The van der Waals surface area contributed by atoms with Gasteiger partial charge in [-0.3, -0.25) is 4.79 Å². The average molecular weight is 253 g/mol. The van der Waals surface area contributed by atoms with Crippen LogP contribution < -0.4 is 10.1 Å². The minimum atomic E-state index is -0.543. The van der Waals surface area contributed by atoms with Crippen LogP contribution >= 0.6 is 0 Å². The Bertz CT molecular complexity index is 419. The highest BCUT2D eigenvalue weighted by Gasteiger charge is 2.09. The van der Waals surface area contributed by atoms with Crippen LogP contribution in [0.2, 0.25) is 0 Å². The first-order chi connectivity index (χ1) is 8.67. The van der Waals surface area contributed by atoms with E-state index >= 15 is 0 Å². The molecule has 18 heavy (non-hydrogen) atoms. The Morgan fingerprint density at radius 3 is 2.89 bits per heavy atom. The molecule has 0 spiro atoms. The molecule has 0 saturated heterocycles. The third-order valence-corrected chi connectivity index (χ3v) is 2.13. The summed E-state index contributed by atoms with van der Waals surface area (Å²) in [7, 11) is 1.26. The summed E-state index contributed by atoms with van der Waals surface area (Å²) in [5.74, 6) is -0.237. The second-order valence-electron chi connectivity index (χ2n) is 3.48. The number of phenolic OH excluding ortho intramolecular Hbond substituents is 1. The molecule has 0 aromatic heterocycles. The number of phenols is 1. The molecule has 6 heteroatoms. The lowest BCUT2D eigenvalue weighted by Gasteiger charge is -2.08. The second kappa shape index (κ2) is 7.16. The standard InChI is InChI=1S/C12H15NO5/c1-17-12(16)9-5-10(15)7-11(6-9)18-4-2-3-13-8-14/h5-8,15H,2-4H2,1H3,(H,13,14). The van der Waals surface area contributed by atoms with Gasteiger partial charge in [0.25, 0.3) is 0 Å². The van der Waals surface area contributed by atoms with Crippen molar-refractivity contribution >= 4 is 12.4 Å². The summed E-state index contributed by atoms with van der Waals surface area (Å²) in [6, 6.07) is 4.19. The Labute approximate surface area is 105 Å². The first-order valence-corrected chi connectivity index (χ1v) is 5.39. The van der Waals surface area contributed by atoms with Gasteiger partial charge in [0.15, 0.2) is 0 Å². The predicted molar refractivity (Wildman–Crippen MR) is 63.6 cm³/mol. The second-order valence-corrected chi connectivity index (χ2v) is 3.48. The molecule has 1 amide bonds. The Kier molecular flexibility index (Phi) is 5.50. The SMILES string of the molecule is COC(=O)c1cc(O)cc(OCCCNC=O)c1. The van der Waals surface area contributed by atoms with Crippen LogP contribution in [-0.4, -0.2) is 37.7 Å². The maximum absolute atomic E-state index is 11.3. The summed E-state index contributed by atoms with van der Waals surface area (Å²) in [6.07, 6.45) is 1.24. The lowest BCUT2D eigenvalue weighted by Crippen LogP contribution is -2.15. The smallest absolute Gasteiger partial charge is 0.338 e. The van der Waals surface area contributed by atoms with Crippen molar-refractivity contribution in [2.75, 3.05) is 20.3 Å². The van der Waals surface area contributed by atoms with E-state index in [1.807, 2.05) is 0 Å². The summed E-state index contributed by atoms with van der Waals surface area (Å²) in [5, 5.41) is 11.9. The highest BCUT2D eigenvalue weighted by Crippen LogP contribution is 2.22. The van der Waals surface area contributed by atoms with Crippen molar-refractivity contribution in [2.24, 2.45) is 0 Å². The highest BCUT2D eigenvalue weighted by atomic mass is 16.5. The molecule has 1 aromatic rings. The lowest BCUT2D eigenvalue weighted by atomic mass is 10.2. The zero-order chi connectivity index (χ0) is 13.4. The zero-order valence-electron chi connectivity index (χ0n) is 10.0. The van der Waals surface area contributed by atoms with Gasteiger partial charge < -0.3 is 19.9 Å². The molecule has 0 bridgehead atoms. The van der Waals surface area contributed by atoms with Crippen LogP contribution in [-0.2, 0) is 9.53 Å². The molecule has 0 radical (unpaired) electrons. The number of aromatic hydroxyl groups is 1. The molecule has 98 valence electrons. The van der Waals surface area contributed by atoms with Crippen molar-refractivity contribution in [3.63, 3.8) is 0 Å². The number of nitrogens with one attached hydrogen (secondary N) is 1. The third-order valence-electron chi connectivity index (χ3n) is 2.13. The van der Waals surface area contributed by atoms with Crippen LogP contribution in [0.4, 0.5) is 0 Å². The molecule has 1 rings (SSSR count). The average Bonchev–Trinajstić information content (AvgIpc) is 2.37. The molecule has 2 N–H and O–H groups in total. The van der Waals surface area contributed by atoms with E-state index in [2.05, 4.69) is 10.1 Å². The number of benzene rings is 1. The number of carbonyl (C=O) groups excluding carboxylic acids is 2. The van der Waals surface area contributed by atoms with Crippen LogP contribution in [0.3, 0.4) is 0 Å². The normalized spacial score (nSPS) is 9.61. The summed E-state index contributed by atoms with van der Waals surface area (Å²) in [5.41, 5.74) is 0.221. The molecule has 1 aromatic carbocycles. The van der Waals surface area contributed by atoms with E-state index in [0.717, 1.165) is 0 Å². The molecule has 0 atom stereocenters. The van der Waals surface area contributed by atoms with Crippen LogP contribution in [0.25, 0.3) is 0 Å². The van der Waals surface area contributed by atoms with Crippen LogP contribution in [0.5, 0.6) is 11.5 Å². The molecule has 0 aliphatic heterocycles. The third kappa shape index (κ3) is 4.32. The minimum Gasteiger partial charge on any atom is -0.508 e. The van der Waals surface area contributed by atoms with Gasteiger partial charge >= 0.3 is 5.97 Å². The quantitative estimate of drug-likeness (QED) is 0.424. The maximum Gasteiger partial charge on any atom is 0.338 e. The van der Waals surface area contributed by atoms with Gasteiger partial charge in [-0.2, -0.15) is 0 Å². The summed E-state index contributed by atoms with van der Waals surface area (Å²) in [6.45, 7) is 0.872. The van der Waals surface area contributed by atoms with Gasteiger partial charge in [0.05, 0.1) is 19.3 Å². The van der Waals surface area contributed by atoms with Gasteiger partial charge in [-0.15, -0.1) is 0 Å². The number of carbonyl (C=O) groups is 2. The molecule has 0 saturated carbocycles. The summed E-state index contributed by atoms with van der Waals surface area (Å²) < 4.78 is 9.89. The maximum atomic E-state index is 11.3.